The van der Waals surface area contributed by atoms with Gasteiger partial charge in [-0.3, -0.25) is 0 Å². The van der Waals surface area contributed by atoms with Crippen molar-refractivity contribution in [2.45, 2.75) is 51.1 Å². The van der Waals surface area contributed by atoms with Crippen molar-refractivity contribution in [1.82, 2.24) is 10.6 Å². The molecule has 0 spiro atoms. The van der Waals surface area contributed by atoms with Crippen LogP contribution in [-0.4, -0.2) is 29.8 Å². The van der Waals surface area contributed by atoms with Crippen LogP contribution in [0.4, 0.5) is 4.79 Å². The molecule has 2 amide bonds. The Kier molecular flexibility index (Phi) is 3.22. The highest BCUT2D eigenvalue weighted by Gasteiger charge is 2.65. The fraction of sp³-hybridized carbons (Fsp3) is 0.929. The van der Waals surface area contributed by atoms with Crippen LogP contribution >= 0.6 is 0 Å². The maximum Gasteiger partial charge on any atom is 0.315 e. The Morgan fingerprint density at radius 2 is 2.00 bits per heavy atom. The van der Waals surface area contributed by atoms with Gasteiger partial charge in [0.1, 0.15) is 0 Å². The Hall–Kier alpha value is -0.770. The molecule has 5 unspecified atom stereocenters. The zero-order valence-corrected chi connectivity index (χ0v) is 11.1. The minimum Gasteiger partial charge on any atom is -0.396 e. The molecule has 0 saturated heterocycles. The molecule has 2 bridgehead atoms. The highest BCUT2D eigenvalue weighted by molar-refractivity contribution is 5.75. The number of rotatable bonds is 5. The smallest absolute Gasteiger partial charge is 0.315 e. The van der Waals surface area contributed by atoms with E-state index >= 15 is 0 Å². The predicted octanol–water partition coefficient (Wildman–Crippen LogP) is 1.49. The Bertz CT molecular complexity index is 318. The molecule has 3 rings (SSSR count). The summed E-state index contributed by atoms with van der Waals surface area (Å²) < 4.78 is 0. The Balaban J connectivity index is 1.41. The second kappa shape index (κ2) is 4.72. The van der Waals surface area contributed by atoms with Gasteiger partial charge < -0.3 is 15.7 Å². The summed E-state index contributed by atoms with van der Waals surface area (Å²) in [5.74, 6) is 3.39. The third-order valence-electron chi connectivity index (χ3n) is 5.21. The number of hydrogen-bond acceptors (Lipinski definition) is 2. The standard InChI is InChI=1S/C14H24N2O2/c1-8(3-2-6-17)15-14(18)16-13-11-9-4-5-10(7-9)12(11)13/h8-13,17H,2-7H2,1H3,(H2,15,16,18). The van der Waals surface area contributed by atoms with Crippen LogP contribution < -0.4 is 10.6 Å². The molecule has 4 nitrogen and oxygen atoms in total. The molecule has 0 aromatic heterocycles. The largest absolute Gasteiger partial charge is 0.396 e. The second-order valence-electron chi connectivity index (χ2n) is 6.40. The first-order chi connectivity index (χ1) is 8.70. The first kappa shape index (κ1) is 12.3. The maximum atomic E-state index is 11.8. The van der Waals surface area contributed by atoms with E-state index in [1.54, 1.807) is 0 Å². The number of amides is 2. The van der Waals surface area contributed by atoms with Gasteiger partial charge in [-0.15, -0.1) is 0 Å². The summed E-state index contributed by atoms with van der Waals surface area (Å²) in [6.07, 6.45) is 5.78. The van der Waals surface area contributed by atoms with E-state index in [1.807, 2.05) is 6.92 Å². The molecule has 102 valence electrons. The molecule has 5 atom stereocenters. The third kappa shape index (κ3) is 2.11. The van der Waals surface area contributed by atoms with Gasteiger partial charge in [-0.2, -0.15) is 0 Å². The van der Waals surface area contributed by atoms with Crippen molar-refractivity contribution in [3.05, 3.63) is 0 Å². The number of aliphatic hydroxyl groups is 1. The highest BCUT2D eigenvalue weighted by Crippen LogP contribution is 2.65. The van der Waals surface area contributed by atoms with E-state index in [0.29, 0.717) is 6.04 Å². The van der Waals surface area contributed by atoms with Crippen molar-refractivity contribution in [3.8, 4) is 0 Å². The van der Waals surface area contributed by atoms with E-state index in [-0.39, 0.29) is 18.7 Å². The summed E-state index contributed by atoms with van der Waals surface area (Å²) >= 11 is 0. The zero-order chi connectivity index (χ0) is 12.7. The van der Waals surface area contributed by atoms with E-state index < -0.39 is 0 Å². The minimum atomic E-state index is -0.0146. The van der Waals surface area contributed by atoms with Crippen LogP contribution in [0.25, 0.3) is 0 Å². The van der Waals surface area contributed by atoms with Gasteiger partial charge in [0.05, 0.1) is 0 Å². The van der Waals surface area contributed by atoms with Crippen LogP contribution in [0.2, 0.25) is 0 Å². The van der Waals surface area contributed by atoms with E-state index in [4.69, 9.17) is 5.11 Å². The Labute approximate surface area is 109 Å². The molecular weight excluding hydrogens is 228 g/mol. The molecular formula is C14H24N2O2. The molecule has 0 heterocycles. The van der Waals surface area contributed by atoms with E-state index in [9.17, 15) is 4.79 Å². The number of aliphatic hydroxyl groups excluding tert-OH is 1. The quantitative estimate of drug-likeness (QED) is 0.694. The molecule has 3 aliphatic rings. The van der Waals surface area contributed by atoms with Gasteiger partial charge in [0.25, 0.3) is 0 Å². The number of carbonyl (C=O) groups is 1. The highest BCUT2D eigenvalue weighted by atomic mass is 16.3. The van der Waals surface area contributed by atoms with E-state index in [2.05, 4.69) is 10.6 Å². The topological polar surface area (TPSA) is 61.4 Å². The minimum absolute atomic E-state index is 0.0146. The SMILES string of the molecule is CC(CCCO)NC(=O)NC1C2C3CCC(C3)C12. The average molecular weight is 252 g/mol. The van der Waals surface area contributed by atoms with Gasteiger partial charge in [-0.1, -0.05) is 0 Å². The van der Waals surface area contributed by atoms with Gasteiger partial charge in [0.15, 0.2) is 0 Å². The molecule has 3 saturated carbocycles. The average Bonchev–Trinajstić information content (AvgIpc) is 2.74. The second-order valence-corrected chi connectivity index (χ2v) is 6.40. The molecule has 3 aliphatic carbocycles. The van der Waals surface area contributed by atoms with Crippen LogP contribution in [0, 0.1) is 23.7 Å². The van der Waals surface area contributed by atoms with Crippen molar-refractivity contribution in [3.63, 3.8) is 0 Å². The first-order valence-electron chi connectivity index (χ1n) is 7.38. The van der Waals surface area contributed by atoms with Gasteiger partial charge >= 0.3 is 6.03 Å². The summed E-state index contributed by atoms with van der Waals surface area (Å²) in [6.45, 7) is 2.19. The molecule has 4 heteroatoms. The molecule has 3 N–H and O–H groups in total. The van der Waals surface area contributed by atoms with Crippen molar-refractivity contribution >= 4 is 6.03 Å². The predicted molar refractivity (Wildman–Crippen MR) is 69.0 cm³/mol. The lowest BCUT2D eigenvalue weighted by molar-refractivity contribution is 0.232. The van der Waals surface area contributed by atoms with Gasteiger partial charge in [0.2, 0.25) is 0 Å². The van der Waals surface area contributed by atoms with Crippen molar-refractivity contribution in [2.75, 3.05) is 6.61 Å². The summed E-state index contributed by atoms with van der Waals surface area (Å²) in [7, 11) is 0. The molecule has 0 aliphatic heterocycles. The summed E-state index contributed by atoms with van der Waals surface area (Å²) in [4.78, 5) is 11.8. The van der Waals surface area contributed by atoms with Gasteiger partial charge in [-0.05, 0) is 62.7 Å². The lowest BCUT2D eigenvalue weighted by Crippen LogP contribution is -2.43. The number of carbonyl (C=O) groups excluding carboxylic acids is 1. The van der Waals surface area contributed by atoms with E-state index in [1.165, 1.54) is 19.3 Å². The Morgan fingerprint density at radius 1 is 1.33 bits per heavy atom. The number of nitrogens with one attached hydrogen (secondary N) is 2. The van der Waals surface area contributed by atoms with Crippen molar-refractivity contribution < 1.29 is 9.90 Å². The monoisotopic (exact) mass is 252 g/mol. The summed E-state index contributed by atoms with van der Waals surface area (Å²) in [6, 6.07) is 0.591. The maximum absolute atomic E-state index is 11.8. The van der Waals surface area contributed by atoms with Crippen molar-refractivity contribution in [2.24, 2.45) is 23.7 Å². The van der Waals surface area contributed by atoms with Crippen molar-refractivity contribution in [1.29, 1.82) is 0 Å². The molecule has 0 radical (unpaired) electrons. The Morgan fingerprint density at radius 3 is 2.61 bits per heavy atom. The number of hydrogen-bond donors (Lipinski definition) is 3. The fourth-order valence-corrected chi connectivity index (χ4v) is 4.40. The summed E-state index contributed by atoms with van der Waals surface area (Å²) in [5, 5.41) is 14.9. The third-order valence-corrected chi connectivity index (χ3v) is 5.21. The van der Waals surface area contributed by atoms with Crippen LogP contribution in [-0.2, 0) is 0 Å². The molecule has 0 aromatic rings. The fourth-order valence-electron chi connectivity index (χ4n) is 4.40. The summed E-state index contributed by atoms with van der Waals surface area (Å²) in [5.41, 5.74) is 0. The first-order valence-corrected chi connectivity index (χ1v) is 7.38. The van der Waals surface area contributed by atoms with Gasteiger partial charge in [-0.25, -0.2) is 4.79 Å². The normalized spacial score (nSPS) is 41.3. The van der Waals surface area contributed by atoms with Crippen LogP contribution in [0.5, 0.6) is 0 Å². The number of fused-ring (bicyclic) bond motifs is 5. The lowest BCUT2D eigenvalue weighted by Gasteiger charge is -2.15. The molecule has 3 fully saturated rings. The van der Waals surface area contributed by atoms with Crippen LogP contribution in [0.1, 0.15) is 39.0 Å². The zero-order valence-electron chi connectivity index (χ0n) is 11.1. The van der Waals surface area contributed by atoms with Crippen LogP contribution in [0.15, 0.2) is 0 Å². The lowest BCUT2D eigenvalue weighted by atomic mass is 10.0. The molecule has 0 aromatic carbocycles. The van der Waals surface area contributed by atoms with Gasteiger partial charge in [0, 0.05) is 18.7 Å². The molecule has 18 heavy (non-hydrogen) atoms. The van der Waals surface area contributed by atoms with Crippen LogP contribution in [0.3, 0.4) is 0 Å². The van der Waals surface area contributed by atoms with E-state index in [0.717, 1.165) is 36.5 Å². The number of urea groups is 1.